The monoisotopic (exact) mass is 280 g/mol. The van der Waals surface area contributed by atoms with Crippen molar-refractivity contribution in [3.05, 3.63) is 0 Å². The number of amides is 1. The summed E-state index contributed by atoms with van der Waals surface area (Å²) in [5, 5.41) is 8.71. The fraction of sp³-hybridized carbons (Fsp3) is 0.800. The molecule has 0 aromatic heterocycles. The molecule has 1 amide bonds. The molecule has 0 bridgehead atoms. The Balaban J connectivity index is 4.70. The van der Waals surface area contributed by atoms with E-state index in [0.717, 1.165) is 15.5 Å². The van der Waals surface area contributed by atoms with Crippen LogP contribution in [0.25, 0.3) is 0 Å². The first kappa shape index (κ1) is 16.9. The smallest absolute Gasteiger partial charge is 0.323 e. The molecule has 0 unspecified atom stereocenters. The Morgan fingerprint density at radius 2 is 1.72 bits per heavy atom. The third-order valence-corrected chi connectivity index (χ3v) is 3.45. The largest absolute Gasteiger partial charge is 0.480 e. The van der Waals surface area contributed by atoms with Crippen LogP contribution in [0.15, 0.2) is 0 Å². The zero-order valence-corrected chi connectivity index (χ0v) is 11.9. The van der Waals surface area contributed by atoms with Crippen LogP contribution in [0.5, 0.6) is 0 Å². The number of sulfonamides is 1. The zero-order chi connectivity index (χ0) is 14.5. The number of carboxylic acids is 1. The second-order valence-corrected chi connectivity index (χ2v) is 6.67. The highest BCUT2D eigenvalue weighted by molar-refractivity contribution is 7.88. The highest BCUT2D eigenvalue weighted by Gasteiger charge is 2.22. The SMILES string of the molecule is CC(C)CN(CC(=O)O)C(=O)CN(C)S(C)(=O)=O. The fourth-order valence-corrected chi connectivity index (χ4v) is 1.61. The molecule has 106 valence electrons. The minimum Gasteiger partial charge on any atom is -0.480 e. The summed E-state index contributed by atoms with van der Waals surface area (Å²) in [4.78, 5) is 23.6. The Bertz CT molecular complexity index is 404. The van der Waals surface area contributed by atoms with Gasteiger partial charge in [0.05, 0.1) is 12.8 Å². The van der Waals surface area contributed by atoms with Gasteiger partial charge in [-0.25, -0.2) is 8.42 Å². The first-order chi connectivity index (χ1) is 8.04. The predicted molar refractivity (Wildman–Crippen MR) is 66.5 cm³/mol. The van der Waals surface area contributed by atoms with Crippen molar-refractivity contribution in [3.63, 3.8) is 0 Å². The molecule has 0 aromatic rings. The highest BCUT2D eigenvalue weighted by Crippen LogP contribution is 2.02. The highest BCUT2D eigenvalue weighted by atomic mass is 32.2. The molecule has 7 nitrogen and oxygen atoms in total. The molecule has 0 heterocycles. The summed E-state index contributed by atoms with van der Waals surface area (Å²) in [5.74, 6) is -1.53. The van der Waals surface area contributed by atoms with Crippen molar-refractivity contribution in [2.24, 2.45) is 5.92 Å². The molecule has 0 saturated heterocycles. The molecule has 0 aliphatic carbocycles. The van der Waals surface area contributed by atoms with E-state index in [1.807, 2.05) is 13.8 Å². The van der Waals surface area contributed by atoms with E-state index in [2.05, 4.69) is 0 Å². The van der Waals surface area contributed by atoms with Crippen LogP contribution >= 0.6 is 0 Å². The van der Waals surface area contributed by atoms with Crippen LogP contribution in [0.2, 0.25) is 0 Å². The van der Waals surface area contributed by atoms with Gasteiger partial charge >= 0.3 is 5.97 Å². The molecule has 0 spiro atoms. The van der Waals surface area contributed by atoms with Crippen LogP contribution in [0.4, 0.5) is 0 Å². The summed E-state index contributed by atoms with van der Waals surface area (Å²) in [7, 11) is -2.17. The quantitative estimate of drug-likeness (QED) is 0.675. The summed E-state index contributed by atoms with van der Waals surface area (Å²) in [5.41, 5.74) is 0. The first-order valence-electron chi connectivity index (χ1n) is 5.45. The average Bonchev–Trinajstić information content (AvgIpc) is 2.13. The molecule has 0 aromatic carbocycles. The van der Waals surface area contributed by atoms with Gasteiger partial charge in [0.15, 0.2) is 0 Å². The topological polar surface area (TPSA) is 95.0 Å². The molecular weight excluding hydrogens is 260 g/mol. The van der Waals surface area contributed by atoms with Crippen LogP contribution in [0.1, 0.15) is 13.8 Å². The molecule has 0 aliphatic heterocycles. The van der Waals surface area contributed by atoms with Gasteiger partial charge in [-0.15, -0.1) is 0 Å². The Morgan fingerprint density at radius 3 is 2.06 bits per heavy atom. The first-order valence-corrected chi connectivity index (χ1v) is 7.29. The van der Waals surface area contributed by atoms with Crippen molar-refractivity contribution in [3.8, 4) is 0 Å². The minimum atomic E-state index is -3.45. The van der Waals surface area contributed by atoms with Crippen molar-refractivity contribution < 1.29 is 23.1 Å². The summed E-state index contributed by atoms with van der Waals surface area (Å²) in [6.07, 6.45) is 0.990. The molecule has 1 N–H and O–H groups in total. The Hall–Kier alpha value is -1.15. The van der Waals surface area contributed by atoms with E-state index in [1.54, 1.807) is 0 Å². The molecule has 0 rings (SSSR count). The maximum Gasteiger partial charge on any atom is 0.323 e. The Labute approximate surface area is 107 Å². The summed E-state index contributed by atoms with van der Waals surface area (Å²) in [6, 6.07) is 0. The van der Waals surface area contributed by atoms with Gasteiger partial charge in [-0.2, -0.15) is 4.31 Å². The predicted octanol–water partition coefficient (Wildman–Crippen LogP) is -0.553. The summed E-state index contributed by atoms with van der Waals surface area (Å²) < 4.78 is 23.2. The molecule has 0 atom stereocenters. The van der Waals surface area contributed by atoms with Crippen molar-refractivity contribution >= 4 is 21.9 Å². The lowest BCUT2D eigenvalue weighted by molar-refractivity contribution is -0.144. The maximum absolute atomic E-state index is 11.8. The van der Waals surface area contributed by atoms with Crippen molar-refractivity contribution in [1.82, 2.24) is 9.21 Å². The third-order valence-electron chi connectivity index (χ3n) is 2.19. The van der Waals surface area contributed by atoms with Crippen molar-refractivity contribution in [2.75, 3.05) is 32.9 Å². The van der Waals surface area contributed by atoms with E-state index in [1.165, 1.54) is 7.05 Å². The molecule has 0 saturated carbocycles. The number of carboxylic acid groups (broad SMARTS) is 1. The summed E-state index contributed by atoms with van der Waals surface area (Å²) >= 11 is 0. The van der Waals surface area contributed by atoms with Gasteiger partial charge in [0.25, 0.3) is 0 Å². The van der Waals surface area contributed by atoms with Crippen molar-refractivity contribution in [1.29, 1.82) is 0 Å². The van der Waals surface area contributed by atoms with E-state index in [9.17, 15) is 18.0 Å². The molecule has 0 aliphatic rings. The number of rotatable bonds is 7. The number of aliphatic carboxylic acids is 1. The van der Waals surface area contributed by atoms with E-state index in [-0.39, 0.29) is 19.0 Å². The van der Waals surface area contributed by atoms with E-state index in [4.69, 9.17) is 5.11 Å². The standard InChI is InChI=1S/C10H20N2O5S/c1-8(2)5-12(7-10(14)15)9(13)6-11(3)18(4,16)17/h8H,5-7H2,1-4H3,(H,14,15). The molecule has 8 heteroatoms. The minimum absolute atomic E-state index is 0.108. The van der Waals surface area contributed by atoms with E-state index in [0.29, 0.717) is 0 Å². The van der Waals surface area contributed by atoms with Gasteiger partial charge in [0.1, 0.15) is 6.54 Å². The van der Waals surface area contributed by atoms with Gasteiger partial charge in [0, 0.05) is 13.6 Å². The Morgan fingerprint density at radius 1 is 1.22 bits per heavy atom. The van der Waals surface area contributed by atoms with Crippen LogP contribution in [-0.4, -0.2) is 67.5 Å². The molecular formula is C10H20N2O5S. The van der Waals surface area contributed by atoms with Crippen LogP contribution < -0.4 is 0 Å². The Kier molecular flexibility index (Phi) is 6.27. The van der Waals surface area contributed by atoms with Gasteiger partial charge in [-0.3, -0.25) is 9.59 Å². The molecule has 0 fully saturated rings. The second-order valence-electron chi connectivity index (χ2n) is 4.58. The number of hydrogen-bond donors (Lipinski definition) is 1. The number of nitrogens with zero attached hydrogens (tertiary/aromatic N) is 2. The lowest BCUT2D eigenvalue weighted by atomic mass is 10.2. The number of likely N-dealkylation sites (N-methyl/N-ethyl adjacent to an activating group) is 1. The second kappa shape index (κ2) is 6.69. The lowest BCUT2D eigenvalue weighted by Crippen LogP contribution is -2.44. The van der Waals surface area contributed by atoms with Gasteiger partial charge in [-0.1, -0.05) is 13.8 Å². The van der Waals surface area contributed by atoms with Gasteiger partial charge < -0.3 is 10.0 Å². The van der Waals surface area contributed by atoms with Crippen molar-refractivity contribution in [2.45, 2.75) is 13.8 Å². The molecule has 18 heavy (non-hydrogen) atoms. The fourth-order valence-electron chi connectivity index (χ4n) is 1.27. The lowest BCUT2D eigenvalue weighted by Gasteiger charge is -2.24. The third kappa shape index (κ3) is 6.55. The summed E-state index contributed by atoms with van der Waals surface area (Å²) in [6.45, 7) is 3.21. The van der Waals surface area contributed by atoms with E-state index < -0.39 is 28.4 Å². The van der Waals surface area contributed by atoms with Gasteiger partial charge in [-0.05, 0) is 5.92 Å². The number of hydrogen-bond acceptors (Lipinski definition) is 4. The number of carbonyl (C=O) groups is 2. The number of carbonyl (C=O) groups excluding carboxylic acids is 1. The van der Waals surface area contributed by atoms with E-state index >= 15 is 0 Å². The van der Waals surface area contributed by atoms with Crippen LogP contribution in [0.3, 0.4) is 0 Å². The van der Waals surface area contributed by atoms with Crippen LogP contribution in [-0.2, 0) is 19.6 Å². The van der Waals surface area contributed by atoms with Gasteiger partial charge in [0.2, 0.25) is 15.9 Å². The normalized spacial score (nSPS) is 11.9. The maximum atomic E-state index is 11.8. The zero-order valence-electron chi connectivity index (χ0n) is 11.1. The average molecular weight is 280 g/mol. The molecule has 0 radical (unpaired) electrons. The van der Waals surface area contributed by atoms with Crippen LogP contribution in [0, 0.1) is 5.92 Å².